The van der Waals surface area contributed by atoms with E-state index in [9.17, 15) is 13.6 Å². The van der Waals surface area contributed by atoms with Crippen molar-refractivity contribution in [3.8, 4) is 0 Å². The largest absolute Gasteiger partial charge is 0.444 e. The average Bonchev–Trinajstić information content (AvgIpc) is 3.18. The van der Waals surface area contributed by atoms with E-state index in [1.54, 1.807) is 34.6 Å². The molecule has 8 nitrogen and oxygen atoms in total. The van der Waals surface area contributed by atoms with Gasteiger partial charge in [-0.05, 0) is 34.6 Å². The second-order valence-electron chi connectivity index (χ2n) is 7.88. The third kappa shape index (κ3) is 5.22. The Labute approximate surface area is 169 Å². The lowest BCUT2D eigenvalue weighted by Gasteiger charge is -2.26. The van der Waals surface area contributed by atoms with E-state index in [2.05, 4.69) is 25.4 Å². The molecule has 0 atom stereocenters. The number of carbonyl (C=O) groups excluding carboxylic acids is 1. The maximum atomic E-state index is 13.3. The number of imidazole rings is 1. The Morgan fingerprint density at radius 2 is 1.90 bits per heavy atom. The van der Waals surface area contributed by atoms with Gasteiger partial charge in [0.15, 0.2) is 22.6 Å². The van der Waals surface area contributed by atoms with E-state index < -0.39 is 28.9 Å². The number of alkyl carbamates (subject to hydrolysis) is 1. The first-order valence-corrected chi connectivity index (χ1v) is 9.73. The summed E-state index contributed by atoms with van der Waals surface area (Å²) in [6, 6.07) is 2.08. The van der Waals surface area contributed by atoms with Crippen LogP contribution in [0.5, 0.6) is 0 Å². The van der Waals surface area contributed by atoms with E-state index in [1.807, 2.05) is 0 Å². The highest BCUT2D eigenvalue weighted by Crippen LogP contribution is 2.25. The zero-order valence-corrected chi connectivity index (χ0v) is 17.4. The van der Waals surface area contributed by atoms with Crippen LogP contribution >= 0.6 is 11.8 Å². The van der Waals surface area contributed by atoms with Crippen molar-refractivity contribution in [2.45, 2.75) is 56.7 Å². The summed E-state index contributed by atoms with van der Waals surface area (Å²) in [7, 11) is 0. The lowest BCUT2D eigenvalue weighted by Crippen LogP contribution is -2.44. The molecule has 0 fully saturated rings. The molecule has 0 aliphatic carbocycles. The second kappa shape index (κ2) is 7.62. The molecular weight excluding hydrogens is 404 g/mol. The van der Waals surface area contributed by atoms with Crippen molar-refractivity contribution in [3.05, 3.63) is 35.5 Å². The molecule has 0 unspecified atom stereocenters. The van der Waals surface area contributed by atoms with Gasteiger partial charge in [-0.1, -0.05) is 16.9 Å². The Kier molecular flexibility index (Phi) is 5.52. The minimum Gasteiger partial charge on any atom is -0.444 e. The standard InChI is InChI=1S/C18H21F2N5O3S/c1-17(2,3)27-16(26)24-18(4,5)14-23-13(28-25-14)8-29-15-21-11-6-9(19)10(20)7-12(11)22-15/h6-7H,8H2,1-5H3,(H,21,22)(H,24,26). The van der Waals surface area contributed by atoms with Crippen molar-refractivity contribution in [2.24, 2.45) is 0 Å². The van der Waals surface area contributed by atoms with Crippen LogP contribution in [0, 0.1) is 11.6 Å². The molecule has 156 valence electrons. The highest BCUT2D eigenvalue weighted by molar-refractivity contribution is 7.98. The molecule has 0 saturated heterocycles. The molecule has 1 aromatic carbocycles. The lowest BCUT2D eigenvalue weighted by molar-refractivity contribution is 0.0465. The van der Waals surface area contributed by atoms with Gasteiger partial charge in [-0.2, -0.15) is 4.98 Å². The van der Waals surface area contributed by atoms with Gasteiger partial charge in [0.1, 0.15) is 11.1 Å². The number of hydrogen-bond acceptors (Lipinski definition) is 7. The van der Waals surface area contributed by atoms with Gasteiger partial charge in [0, 0.05) is 12.1 Å². The zero-order valence-electron chi connectivity index (χ0n) is 16.6. The quantitative estimate of drug-likeness (QED) is 0.588. The smallest absolute Gasteiger partial charge is 0.408 e. The van der Waals surface area contributed by atoms with E-state index in [4.69, 9.17) is 9.26 Å². The van der Waals surface area contributed by atoms with Gasteiger partial charge >= 0.3 is 6.09 Å². The summed E-state index contributed by atoms with van der Waals surface area (Å²) >= 11 is 1.24. The van der Waals surface area contributed by atoms with Gasteiger partial charge in [0.05, 0.1) is 16.8 Å². The van der Waals surface area contributed by atoms with Crippen LogP contribution in [0.1, 0.15) is 46.3 Å². The minimum atomic E-state index is -0.957. The molecule has 0 saturated carbocycles. The van der Waals surface area contributed by atoms with E-state index in [0.29, 0.717) is 22.1 Å². The lowest BCUT2D eigenvalue weighted by atomic mass is 10.1. The maximum absolute atomic E-state index is 13.3. The molecule has 3 aromatic rings. The van der Waals surface area contributed by atoms with E-state index >= 15 is 0 Å². The van der Waals surface area contributed by atoms with Crippen LogP contribution in [-0.2, 0) is 16.0 Å². The fourth-order valence-electron chi connectivity index (χ4n) is 2.36. The number of carbonyl (C=O) groups is 1. The Morgan fingerprint density at radius 3 is 2.59 bits per heavy atom. The Hall–Kier alpha value is -2.69. The molecule has 1 amide bonds. The fraction of sp³-hybridized carbons (Fsp3) is 0.444. The van der Waals surface area contributed by atoms with Gasteiger partial charge in [-0.3, -0.25) is 0 Å². The minimum absolute atomic E-state index is 0.278. The monoisotopic (exact) mass is 425 g/mol. The summed E-state index contributed by atoms with van der Waals surface area (Å²) in [4.78, 5) is 23.4. The van der Waals surface area contributed by atoms with Gasteiger partial charge in [-0.15, -0.1) is 0 Å². The third-order valence-electron chi connectivity index (χ3n) is 3.68. The van der Waals surface area contributed by atoms with Crippen LogP contribution < -0.4 is 5.32 Å². The topological polar surface area (TPSA) is 106 Å². The highest BCUT2D eigenvalue weighted by atomic mass is 32.2. The number of amides is 1. The predicted octanol–water partition coefficient (Wildman–Crippen LogP) is 4.28. The van der Waals surface area contributed by atoms with Gasteiger partial charge in [0.2, 0.25) is 5.89 Å². The first-order chi connectivity index (χ1) is 13.4. The maximum Gasteiger partial charge on any atom is 0.408 e. The summed E-state index contributed by atoms with van der Waals surface area (Å²) < 4.78 is 37.1. The van der Waals surface area contributed by atoms with Crippen molar-refractivity contribution in [1.29, 1.82) is 0 Å². The zero-order chi connectivity index (χ0) is 21.4. The van der Waals surface area contributed by atoms with Crippen molar-refractivity contribution in [2.75, 3.05) is 0 Å². The van der Waals surface area contributed by atoms with Crippen molar-refractivity contribution in [3.63, 3.8) is 0 Å². The van der Waals surface area contributed by atoms with Gasteiger partial charge < -0.3 is 19.6 Å². The SMILES string of the molecule is CC(C)(C)OC(=O)NC(C)(C)c1noc(CSc2nc3cc(F)c(F)cc3[nH]2)n1. The molecule has 11 heteroatoms. The van der Waals surface area contributed by atoms with Crippen LogP contribution in [0.3, 0.4) is 0 Å². The van der Waals surface area contributed by atoms with E-state index in [1.165, 1.54) is 11.8 Å². The fourth-order valence-corrected chi connectivity index (χ4v) is 3.08. The normalized spacial score (nSPS) is 12.4. The second-order valence-corrected chi connectivity index (χ2v) is 8.84. The number of benzene rings is 1. The number of ether oxygens (including phenoxy) is 1. The number of hydrogen-bond donors (Lipinski definition) is 2. The number of fused-ring (bicyclic) bond motifs is 1. The molecule has 0 aliphatic heterocycles. The van der Waals surface area contributed by atoms with Crippen molar-refractivity contribution in [1.82, 2.24) is 25.4 Å². The Bertz CT molecular complexity index is 1000. The number of rotatable bonds is 5. The van der Waals surface area contributed by atoms with E-state index in [-0.39, 0.29) is 11.6 Å². The molecule has 0 aliphatic rings. The van der Waals surface area contributed by atoms with Crippen LogP contribution in [0.4, 0.5) is 13.6 Å². The first kappa shape index (κ1) is 21.0. The summed E-state index contributed by atoms with van der Waals surface area (Å²) in [6.45, 7) is 8.75. The predicted molar refractivity (Wildman–Crippen MR) is 102 cm³/mol. The first-order valence-electron chi connectivity index (χ1n) is 8.75. The molecule has 0 spiro atoms. The number of halogens is 2. The number of nitrogens with one attached hydrogen (secondary N) is 2. The number of thioether (sulfide) groups is 1. The molecule has 2 heterocycles. The summed E-state index contributed by atoms with van der Waals surface area (Å²) in [6.07, 6.45) is -0.593. The molecule has 0 bridgehead atoms. The van der Waals surface area contributed by atoms with Crippen molar-refractivity contribution >= 4 is 28.9 Å². The molecule has 2 N–H and O–H groups in total. The highest BCUT2D eigenvalue weighted by Gasteiger charge is 2.31. The van der Waals surface area contributed by atoms with Crippen molar-refractivity contribution < 1.29 is 22.8 Å². The molecule has 3 rings (SSSR count). The number of nitrogens with zero attached hydrogens (tertiary/aromatic N) is 3. The molecule has 0 radical (unpaired) electrons. The molecule has 29 heavy (non-hydrogen) atoms. The van der Waals surface area contributed by atoms with Crippen LogP contribution in [-0.4, -0.2) is 31.8 Å². The number of H-pyrrole nitrogens is 1. The Balaban J connectivity index is 1.64. The average molecular weight is 425 g/mol. The summed E-state index contributed by atoms with van der Waals surface area (Å²) in [5.74, 6) is -1.03. The van der Waals surface area contributed by atoms with Crippen LogP contribution in [0.25, 0.3) is 11.0 Å². The van der Waals surface area contributed by atoms with Gasteiger partial charge in [0.25, 0.3) is 0 Å². The number of aromatic amines is 1. The number of aromatic nitrogens is 4. The summed E-state index contributed by atoms with van der Waals surface area (Å²) in [5.41, 5.74) is -0.832. The Morgan fingerprint density at radius 1 is 1.21 bits per heavy atom. The van der Waals surface area contributed by atoms with Gasteiger partial charge in [-0.25, -0.2) is 18.6 Å². The summed E-state index contributed by atoms with van der Waals surface area (Å²) in [5, 5.41) is 7.07. The molecular formula is C18H21F2N5O3S. The molecule has 2 aromatic heterocycles. The van der Waals surface area contributed by atoms with E-state index in [0.717, 1.165) is 12.1 Å². The van der Waals surface area contributed by atoms with Crippen LogP contribution in [0.2, 0.25) is 0 Å². The third-order valence-corrected chi connectivity index (χ3v) is 4.53. The van der Waals surface area contributed by atoms with Crippen LogP contribution in [0.15, 0.2) is 21.8 Å².